The Morgan fingerprint density at radius 1 is 1.17 bits per heavy atom. The van der Waals surface area contributed by atoms with E-state index in [9.17, 15) is 14.9 Å². The molecule has 0 saturated carbocycles. The summed E-state index contributed by atoms with van der Waals surface area (Å²) < 4.78 is 11.5. The van der Waals surface area contributed by atoms with Gasteiger partial charge in [-0.3, -0.25) is 14.9 Å². The Morgan fingerprint density at radius 2 is 1.97 bits per heavy atom. The molecule has 1 aliphatic heterocycles. The van der Waals surface area contributed by atoms with Crippen LogP contribution in [-0.4, -0.2) is 28.8 Å². The highest BCUT2D eigenvalue weighted by Gasteiger charge is 2.35. The predicted molar refractivity (Wildman–Crippen MR) is 106 cm³/mol. The Bertz CT molecular complexity index is 1160. The van der Waals surface area contributed by atoms with Gasteiger partial charge in [0, 0.05) is 24.6 Å². The first kappa shape index (κ1) is 18.4. The number of methoxy groups -OCH3 is 1. The van der Waals surface area contributed by atoms with Crippen LogP contribution < -0.4 is 4.74 Å². The lowest BCUT2D eigenvalue weighted by Gasteiger charge is -2.19. The van der Waals surface area contributed by atoms with E-state index in [1.165, 1.54) is 24.1 Å². The Labute approximate surface area is 166 Å². The highest BCUT2D eigenvalue weighted by Crippen LogP contribution is 2.36. The van der Waals surface area contributed by atoms with Crippen LogP contribution in [0.3, 0.4) is 0 Å². The van der Waals surface area contributed by atoms with Gasteiger partial charge in [0.2, 0.25) is 18.0 Å². The number of hydrogen-bond acceptors (Lipinski definition) is 6. The van der Waals surface area contributed by atoms with Gasteiger partial charge in [0.05, 0.1) is 17.6 Å². The van der Waals surface area contributed by atoms with E-state index in [4.69, 9.17) is 9.47 Å². The van der Waals surface area contributed by atoms with Crippen LogP contribution in [0.5, 0.6) is 5.75 Å². The third kappa shape index (κ3) is 3.25. The molecule has 0 radical (unpaired) electrons. The van der Waals surface area contributed by atoms with Crippen LogP contribution in [-0.2, 0) is 9.53 Å². The van der Waals surface area contributed by atoms with E-state index in [1.54, 1.807) is 19.2 Å². The average molecular weight is 391 g/mol. The first-order chi connectivity index (χ1) is 14.0. The van der Waals surface area contributed by atoms with Crippen molar-refractivity contribution in [3.8, 4) is 5.75 Å². The minimum Gasteiger partial charge on any atom is -0.496 e. The second kappa shape index (κ2) is 7.23. The second-order valence-corrected chi connectivity index (χ2v) is 6.46. The summed E-state index contributed by atoms with van der Waals surface area (Å²) in [5.41, 5.74) is 0.975. The van der Waals surface area contributed by atoms with Gasteiger partial charge in [-0.05, 0) is 16.8 Å². The third-order valence-electron chi connectivity index (χ3n) is 4.66. The van der Waals surface area contributed by atoms with Gasteiger partial charge in [-0.25, -0.2) is 0 Å². The number of carbonyl (C=O) groups excluding carboxylic acids is 1. The molecule has 3 aromatic rings. The summed E-state index contributed by atoms with van der Waals surface area (Å²) in [4.78, 5) is 22.9. The van der Waals surface area contributed by atoms with Gasteiger partial charge >= 0.3 is 0 Å². The van der Waals surface area contributed by atoms with Gasteiger partial charge < -0.3 is 9.47 Å². The van der Waals surface area contributed by atoms with Crippen LogP contribution in [0.25, 0.3) is 10.8 Å². The fraction of sp³-hybridized carbons (Fsp3) is 0.143. The van der Waals surface area contributed by atoms with Gasteiger partial charge in [0.1, 0.15) is 5.75 Å². The van der Waals surface area contributed by atoms with Gasteiger partial charge in [0.15, 0.2) is 0 Å². The number of amides is 1. The van der Waals surface area contributed by atoms with Crippen LogP contribution in [0, 0.1) is 10.1 Å². The zero-order valence-electron chi connectivity index (χ0n) is 15.7. The van der Waals surface area contributed by atoms with Gasteiger partial charge in [0.25, 0.3) is 5.69 Å². The molecule has 1 heterocycles. The summed E-state index contributed by atoms with van der Waals surface area (Å²) in [5, 5.41) is 18.5. The maximum Gasteiger partial charge on any atom is 0.269 e. The van der Waals surface area contributed by atoms with E-state index in [0.717, 1.165) is 10.8 Å². The van der Waals surface area contributed by atoms with Gasteiger partial charge in [-0.15, -0.1) is 5.10 Å². The lowest BCUT2D eigenvalue weighted by atomic mass is 10.0. The molecule has 8 nitrogen and oxygen atoms in total. The first-order valence-electron chi connectivity index (χ1n) is 8.85. The third-order valence-corrected chi connectivity index (χ3v) is 4.66. The second-order valence-electron chi connectivity index (χ2n) is 6.46. The van der Waals surface area contributed by atoms with Crippen molar-refractivity contribution in [1.82, 2.24) is 5.01 Å². The zero-order valence-corrected chi connectivity index (χ0v) is 15.7. The summed E-state index contributed by atoms with van der Waals surface area (Å²) in [5.74, 6) is 0.409. The van der Waals surface area contributed by atoms with Crippen molar-refractivity contribution < 1.29 is 19.2 Å². The fourth-order valence-corrected chi connectivity index (χ4v) is 3.32. The molecule has 0 aliphatic carbocycles. The summed E-state index contributed by atoms with van der Waals surface area (Å²) in [7, 11) is 1.55. The van der Waals surface area contributed by atoms with E-state index in [2.05, 4.69) is 5.10 Å². The van der Waals surface area contributed by atoms with E-state index in [-0.39, 0.29) is 17.5 Å². The molecule has 0 fully saturated rings. The number of carbonyl (C=O) groups is 1. The molecule has 0 bridgehead atoms. The topological polar surface area (TPSA) is 94.3 Å². The summed E-state index contributed by atoms with van der Waals surface area (Å²) in [6.07, 6.45) is -0.911. The predicted octanol–water partition coefficient (Wildman–Crippen LogP) is 4.00. The smallest absolute Gasteiger partial charge is 0.269 e. The first-order valence-corrected chi connectivity index (χ1v) is 8.85. The van der Waals surface area contributed by atoms with Gasteiger partial charge in [-0.2, -0.15) is 5.01 Å². The molecule has 4 rings (SSSR count). The number of non-ortho nitro benzene ring substituents is 1. The molecule has 146 valence electrons. The number of fused-ring (bicyclic) bond motifs is 1. The number of rotatable bonds is 4. The number of ether oxygens (including phenoxy) is 2. The Morgan fingerprint density at radius 3 is 2.69 bits per heavy atom. The van der Waals surface area contributed by atoms with Crippen molar-refractivity contribution >= 4 is 28.3 Å². The molecule has 1 atom stereocenters. The normalized spacial score (nSPS) is 15.7. The Balaban J connectivity index is 1.82. The van der Waals surface area contributed by atoms with Crippen molar-refractivity contribution in [3.05, 3.63) is 81.9 Å². The van der Waals surface area contributed by atoms with Crippen LogP contribution in [0.2, 0.25) is 0 Å². The van der Waals surface area contributed by atoms with Crippen molar-refractivity contribution in [3.63, 3.8) is 0 Å². The number of hydrogen-bond donors (Lipinski definition) is 0. The molecular weight excluding hydrogens is 374 g/mol. The van der Waals surface area contributed by atoms with Crippen LogP contribution in [0.1, 0.15) is 24.3 Å². The molecule has 1 amide bonds. The Hall–Kier alpha value is -3.94. The zero-order chi connectivity index (χ0) is 20.5. The summed E-state index contributed by atoms with van der Waals surface area (Å²) in [6.45, 7) is 1.36. The number of nitro benzene ring substituents is 1. The maximum atomic E-state index is 12.2. The summed E-state index contributed by atoms with van der Waals surface area (Å²) in [6, 6.07) is 17.4. The average Bonchev–Trinajstić information content (AvgIpc) is 3.18. The number of nitrogens with zero attached hydrogens (tertiary/aromatic N) is 3. The summed E-state index contributed by atoms with van der Waals surface area (Å²) >= 11 is 0. The van der Waals surface area contributed by atoms with Crippen LogP contribution in [0.4, 0.5) is 5.69 Å². The maximum absolute atomic E-state index is 12.2. The van der Waals surface area contributed by atoms with Crippen LogP contribution in [0.15, 0.2) is 65.8 Å². The largest absolute Gasteiger partial charge is 0.496 e. The molecular formula is C21H17N3O5. The highest BCUT2D eigenvalue weighted by atomic mass is 16.6. The van der Waals surface area contributed by atoms with E-state index >= 15 is 0 Å². The molecule has 0 aromatic heterocycles. The molecule has 8 heteroatoms. The van der Waals surface area contributed by atoms with Crippen molar-refractivity contribution in [2.45, 2.75) is 13.2 Å². The molecule has 1 aliphatic rings. The number of nitro groups is 1. The molecule has 29 heavy (non-hydrogen) atoms. The lowest BCUT2D eigenvalue weighted by molar-refractivity contribution is -0.385. The monoisotopic (exact) mass is 391 g/mol. The Kier molecular flexibility index (Phi) is 4.59. The lowest BCUT2D eigenvalue weighted by Crippen LogP contribution is -2.25. The van der Waals surface area contributed by atoms with E-state index in [0.29, 0.717) is 16.9 Å². The van der Waals surface area contributed by atoms with Crippen LogP contribution >= 0.6 is 0 Å². The van der Waals surface area contributed by atoms with Crippen molar-refractivity contribution in [1.29, 1.82) is 0 Å². The molecule has 0 unspecified atom stereocenters. The molecule has 3 aromatic carbocycles. The van der Waals surface area contributed by atoms with E-state index in [1.807, 2.05) is 36.4 Å². The van der Waals surface area contributed by atoms with Gasteiger partial charge in [-0.1, -0.05) is 42.5 Å². The molecule has 0 spiro atoms. The SMILES string of the molecule is COc1ccc2ccccc2c1C1=NN(C(C)=O)[C@H](c2cccc([N+](=O)[O-])c2)O1. The molecule has 0 N–H and O–H groups in total. The quantitative estimate of drug-likeness (QED) is 0.495. The number of benzene rings is 3. The standard InChI is InChI=1S/C21H17N3O5/c1-13(25)23-21(15-7-5-8-16(12-15)24(26)27)29-20(22-23)19-17-9-4-3-6-14(17)10-11-18(19)28-2/h3-12,21H,1-2H3/t21-/m0/s1. The minimum atomic E-state index is -0.911. The van der Waals surface area contributed by atoms with Crippen molar-refractivity contribution in [2.75, 3.05) is 7.11 Å². The fourth-order valence-electron chi connectivity index (χ4n) is 3.32. The van der Waals surface area contributed by atoms with Crippen molar-refractivity contribution in [2.24, 2.45) is 5.10 Å². The minimum absolute atomic E-state index is 0.0919. The number of hydrazone groups is 1. The molecule has 0 saturated heterocycles. The highest BCUT2D eigenvalue weighted by molar-refractivity contribution is 6.10. The van der Waals surface area contributed by atoms with E-state index < -0.39 is 11.2 Å².